The lowest BCUT2D eigenvalue weighted by atomic mass is 9.50. The summed E-state index contributed by atoms with van der Waals surface area (Å²) in [4.78, 5) is 37.4. The molecule has 2 aliphatic rings. The molecule has 0 radical (unpaired) electrons. The number of aliphatic carboxylic acids is 2. The molecular formula is C22H36O6. The Morgan fingerprint density at radius 3 is 2.00 bits per heavy atom. The maximum atomic E-state index is 13.2. The molecule has 0 aliphatic heterocycles. The highest BCUT2D eigenvalue weighted by Gasteiger charge is 2.64. The van der Waals surface area contributed by atoms with Gasteiger partial charge in [0.15, 0.2) is 0 Å². The second-order valence-electron chi connectivity index (χ2n) is 11.7. The molecule has 6 heteroatoms. The summed E-state index contributed by atoms with van der Waals surface area (Å²) >= 11 is 0. The lowest BCUT2D eigenvalue weighted by molar-refractivity contribution is -0.214. The van der Waals surface area contributed by atoms with Gasteiger partial charge >= 0.3 is 17.9 Å². The molecule has 2 fully saturated rings. The first kappa shape index (κ1) is 22.7. The molecule has 0 aromatic rings. The van der Waals surface area contributed by atoms with Crippen LogP contribution in [0.3, 0.4) is 0 Å². The molecule has 2 bridgehead atoms. The lowest BCUT2D eigenvalue weighted by Crippen LogP contribution is -2.60. The van der Waals surface area contributed by atoms with E-state index in [9.17, 15) is 24.6 Å². The van der Waals surface area contributed by atoms with Crippen molar-refractivity contribution in [1.29, 1.82) is 0 Å². The van der Waals surface area contributed by atoms with Crippen LogP contribution in [0.2, 0.25) is 0 Å². The molecule has 4 atom stereocenters. The number of carboxylic acid groups (broad SMARTS) is 2. The molecule has 0 aromatic heterocycles. The number of fused-ring (bicyclic) bond motifs is 2. The van der Waals surface area contributed by atoms with Crippen LogP contribution >= 0.6 is 0 Å². The third-order valence-corrected chi connectivity index (χ3v) is 6.37. The highest BCUT2D eigenvalue weighted by Crippen LogP contribution is 2.60. The summed E-state index contributed by atoms with van der Waals surface area (Å²) < 4.78 is 6.09. The van der Waals surface area contributed by atoms with Crippen LogP contribution in [0.15, 0.2) is 0 Å². The Morgan fingerprint density at radius 2 is 1.54 bits per heavy atom. The maximum Gasteiger partial charge on any atom is 0.312 e. The van der Waals surface area contributed by atoms with E-state index in [0.717, 1.165) is 0 Å². The molecule has 2 rings (SSSR count). The van der Waals surface area contributed by atoms with E-state index >= 15 is 0 Å². The Hall–Kier alpha value is -1.59. The van der Waals surface area contributed by atoms with Crippen LogP contribution < -0.4 is 0 Å². The van der Waals surface area contributed by atoms with Crippen molar-refractivity contribution in [2.45, 2.75) is 92.6 Å². The zero-order valence-corrected chi connectivity index (χ0v) is 18.3. The molecule has 2 aliphatic carbocycles. The van der Waals surface area contributed by atoms with Crippen LogP contribution in [-0.2, 0) is 19.1 Å². The van der Waals surface area contributed by atoms with Gasteiger partial charge in [-0.3, -0.25) is 14.4 Å². The molecular weight excluding hydrogens is 360 g/mol. The Labute approximate surface area is 168 Å². The van der Waals surface area contributed by atoms with Crippen molar-refractivity contribution < 1.29 is 29.3 Å². The molecule has 6 nitrogen and oxygen atoms in total. The number of carbonyl (C=O) groups excluding carboxylic acids is 1. The van der Waals surface area contributed by atoms with Gasteiger partial charge in [-0.1, -0.05) is 27.7 Å². The van der Waals surface area contributed by atoms with Gasteiger partial charge in [0.05, 0.1) is 16.2 Å². The molecule has 2 saturated carbocycles. The van der Waals surface area contributed by atoms with E-state index in [2.05, 4.69) is 20.8 Å². The molecule has 28 heavy (non-hydrogen) atoms. The van der Waals surface area contributed by atoms with Crippen LogP contribution in [0, 0.1) is 27.6 Å². The van der Waals surface area contributed by atoms with Crippen molar-refractivity contribution in [1.82, 2.24) is 0 Å². The minimum absolute atomic E-state index is 0.0433. The number of carbonyl (C=O) groups is 3. The third-order valence-electron chi connectivity index (χ3n) is 6.37. The fraction of sp³-hybridized carbons (Fsp3) is 0.864. The zero-order valence-electron chi connectivity index (χ0n) is 18.3. The quantitative estimate of drug-likeness (QED) is 0.663. The minimum Gasteiger partial charge on any atom is -0.481 e. The normalized spacial score (nSPS) is 35.9. The number of hydrogen-bond donors (Lipinski definition) is 2. The number of rotatable bonds is 5. The Balaban J connectivity index is 2.43. The zero-order chi connectivity index (χ0) is 21.8. The van der Waals surface area contributed by atoms with Gasteiger partial charge in [0.1, 0.15) is 5.60 Å². The first-order valence-electron chi connectivity index (χ1n) is 10.1. The molecule has 0 spiro atoms. The molecule has 0 heterocycles. The SMILES string of the molecule is CC1CC2(OC(=O)C(C)(C)CC(C)(C)C)CC(C)(C(=O)O)CC(C(=O)O)(C1)C2. The average Bonchev–Trinajstić information content (AvgIpc) is 2.41. The first-order valence-corrected chi connectivity index (χ1v) is 10.1. The predicted molar refractivity (Wildman–Crippen MR) is 105 cm³/mol. The molecule has 2 N–H and O–H groups in total. The van der Waals surface area contributed by atoms with Gasteiger partial charge in [0.2, 0.25) is 0 Å². The van der Waals surface area contributed by atoms with E-state index in [1.54, 1.807) is 6.92 Å². The van der Waals surface area contributed by atoms with E-state index in [4.69, 9.17) is 4.74 Å². The standard InChI is InChI=1S/C22H36O6/c1-14-8-21(16(25)26)11-20(7,15(23)24)12-22(9-14,13-21)28-17(27)19(5,6)10-18(2,3)4/h14H,8-13H2,1-7H3,(H,23,24)(H,25,26). The van der Waals surface area contributed by atoms with Crippen molar-refractivity contribution >= 4 is 17.9 Å². The third kappa shape index (κ3) is 4.36. The molecule has 4 unspecified atom stereocenters. The van der Waals surface area contributed by atoms with Gasteiger partial charge in [0.25, 0.3) is 0 Å². The van der Waals surface area contributed by atoms with E-state index in [0.29, 0.717) is 19.3 Å². The second-order valence-corrected chi connectivity index (χ2v) is 11.7. The molecule has 160 valence electrons. The van der Waals surface area contributed by atoms with E-state index in [-0.39, 0.29) is 36.6 Å². The Morgan fingerprint density at radius 1 is 0.964 bits per heavy atom. The Bertz CT molecular complexity index is 671. The summed E-state index contributed by atoms with van der Waals surface area (Å²) in [5.74, 6) is -2.34. The van der Waals surface area contributed by atoms with Crippen LogP contribution in [0.1, 0.15) is 87.0 Å². The topological polar surface area (TPSA) is 101 Å². The predicted octanol–water partition coefficient (Wildman–Crippen LogP) is 4.51. The summed E-state index contributed by atoms with van der Waals surface area (Å²) in [6, 6.07) is 0. The van der Waals surface area contributed by atoms with Crippen molar-refractivity contribution in [3.05, 3.63) is 0 Å². The summed E-state index contributed by atoms with van der Waals surface area (Å²) in [5, 5.41) is 19.8. The smallest absolute Gasteiger partial charge is 0.312 e. The largest absolute Gasteiger partial charge is 0.481 e. The Kier molecular flexibility index (Phi) is 5.46. The number of ether oxygens (including phenoxy) is 1. The van der Waals surface area contributed by atoms with Crippen LogP contribution in [0.5, 0.6) is 0 Å². The van der Waals surface area contributed by atoms with Crippen LogP contribution in [-0.4, -0.2) is 33.7 Å². The van der Waals surface area contributed by atoms with Gasteiger partial charge in [-0.05, 0) is 57.8 Å². The number of esters is 1. The number of carboxylic acids is 2. The second kappa shape index (κ2) is 6.74. The van der Waals surface area contributed by atoms with Gasteiger partial charge in [-0.25, -0.2) is 0 Å². The monoisotopic (exact) mass is 396 g/mol. The summed E-state index contributed by atoms with van der Waals surface area (Å²) in [6.45, 7) is 13.4. The van der Waals surface area contributed by atoms with Crippen molar-refractivity contribution in [3.63, 3.8) is 0 Å². The van der Waals surface area contributed by atoms with Gasteiger partial charge < -0.3 is 14.9 Å². The van der Waals surface area contributed by atoms with Crippen LogP contribution in [0.4, 0.5) is 0 Å². The van der Waals surface area contributed by atoms with Gasteiger partial charge in [0, 0.05) is 12.8 Å². The highest BCUT2D eigenvalue weighted by atomic mass is 16.6. The molecule has 0 aromatic carbocycles. The van der Waals surface area contributed by atoms with Crippen molar-refractivity contribution in [3.8, 4) is 0 Å². The fourth-order valence-corrected chi connectivity index (χ4v) is 6.16. The minimum atomic E-state index is -1.23. The summed E-state index contributed by atoms with van der Waals surface area (Å²) in [5.41, 5.74) is -4.26. The van der Waals surface area contributed by atoms with Crippen molar-refractivity contribution in [2.75, 3.05) is 0 Å². The average molecular weight is 397 g/mol. The molecule has 0 amide bonds. The number of hydrogen-bond acceptors (Lipinski definition) is 4. The van der Waals surface area contributed by atoms with E-state index < -0.39 is 33.8 Å². The summed E-state index contributed by atoms with van der Waals surface area (Å²) in [6.07, 6.45) is 1.95. The van der Waals surface area contributed by atoms with Crippen molar-refractivity contribution in [2.24, 2.45) is 27.6 Å². The van der Waals surface area contributed by atoms with Crippen LogP contribution in [0.25, 0.3) is 0 Å². The van der Waals surface area contributed by atoms with E-state index in [1.807, 2.05) is 20.8 Å². The van der Waals surface area contributed by atoms with Gasteiger partial charge in [-0.2, -0.15) is 0 Å². The highest BCUT2D eigenvalue weighted by molar-refractivity contribution is 5.81. The lowest BCUT2D eigenvalue weighted by Gasteiger charge is -2.56. The summed E-state index contributed by atoms with van der Waals surface area (Å²) in [7, 11) is 0. The maximum absolute atomic E-state index is 13.2. The first-order chi connectivity index (χ1) is 12.4. The molecule has 0 saturated heterocycles. The van der Waals surface area contributed by atoms with E-state index in [1.165, 1.54) is 0 Å². The van der Waals surface area contributed by atoms with Gasteiger partial charge in [-0.15, -0.1) is 0 Å². The fourth-order valence-electron chi connectivity index (χ4n) is 6.16.